The first-order chi connectivity index (χ1) is 11.7. The van der Waals surface area contributed by atoms with Crippen molar-refractivity contribution in [2.24, 2.45) is 20.9 Å². The minimum absolute atomic E-state index is 0.359. The van der Waals surface area contributed by atoms with Crippen molar-refractivity contribution in [3.8, 4) is 5.75 Å². The largest absolute Gasteiger partial charge is 0.497 e. The van der Waals surface area contributed by atoms with Gasteiger partial charge in [-0.2, -0.15) is 0 Å². The minimum Gasteiger partial charge on any atom is -0.497 e. The monoisotopic (exact) mass is 322 g/mol. The molecule has 124 valence electrons. The van der Waals surface area contributed by atoms with Gasteiger partial charge in [-0.15, -0.1) is 0 Å². The van der Waals surface area contributed by atoms with Crippen molar-refractivity contribution in [2.45, 2.75) is 25.4 Å². The molecule has 1 aromatic carbocycles. The van der Waals surface area contributed by atoms with E-state index in [1.54, 1.807) is 7.11 Å². The Kier molecular flexibility index (Phi) is 3.81. The van der Waals surface area contributed by atoms with E-state index < -0.39 is 0 Å². The highest BCUT2D eigenvalue weighted by molar-refractivity contribution is 6.68. The Morgan fingerprint density at radius 3 is 2.58 bits per heavy atom. The van der Waals surface area contributed by atoms with E-state index in [9.17, 15) is 0 Å². The molecule has 3 aliphatic rings. The highest BCUT2D eigenvalue weighted by Gasteiger charge is 2.37. The smallest absolute Gasteiger partial charge is 0.151 e. The van der Waals surface area contributed by atoms with Crippen LogP contribution in [0.1, 0.15) is 25.3 Å². The van der Waals surface area contributed by atoms with E-state index in [1.807, 2.05) is 30.5 Å². The van der Waals surface area contributed by atoms with Crippen molar-refractivity contribution < 1.29 is 4.74 Å². The fourth-order valence-electron chi connectivity index (χ4n) is 3.55. The van der Waals surface area contributed by atoms with E-state index in [0.29, 0.717) is 5.92 Å². The Labute approximate surface area is 142 Å². The number of methoxy groups -OCH3 is 1. The molecule has 0 spiro atoms. The Morgan fingerprint density at radius 1 is 1.12 bits per heavy atom. The highest BCUT2D eigenvalue weighted by Crippen LogP contribution is 2.34. The van der Waals surface area contributed by atoms with E-state index in [4.69, 9.17) is 19.7 Å². The molecule has 24 heavy (non-hydrogen) atoms. The predicted molar refractivity (Wildman–Crippen MR) is 98.3 cm³/mol. The van der Waals surface area contributed by atoms with Crippen LogP contribution in [-0.2, 0) is 0 Å². The number of piperidine rings is 1. The number of aliphatic imine (C=N–C) groups is 3. The lowest BCUT2D eigenvalue weighted by atomic mass is 9.85. The van der Waals surface area contributed by atoms with Crippen LogP contribution >= 0.6 is 0 Å². The van der Waals surface area contributed by atoms with Gasteiger partial charge in [-0.25, -0.2) is 4.99 Å². The number of hydrogen-bond donors (Lipinski definition) is 1. The Morgan fingerprint density at radius 2 is 1.88 bits per heavy atom. The first-order valence-electron chi connectivity index (χ1n) is 8.49. The van der Waals surface area contributed by atoms with Crippen molar-refractivity contribution in [3.63, 3.8) is 0 Å². The van der Waals surface area contributed by atoms with Crippen LogP contribution in [0, 0.1) is 5.92 Å². The Balaban J connectivity index is 1.62. The third kappa shape index (κ3) is 2.69. The lowest BCUT2D eigenvalue weighted by Crippen LogP contribution is -2.42. The molecule has 1 N–H and O–H groups in total. The fraction of sp³-hybridized carbons (Fsp3) is 0.421. The summed E-state index contributed by atoms with van der Waals surface area (Å²) in [6.45, 7) is 4.24. The van der Waals surface area contributed by atoms with Gasteiger partial charge in [-0.3, -0.25) is 9.98 Å². The lowest BCUT2D eigenvalue weighted by Gasteiger charge is -2.35. The molecule has 0 aromatic heterocycles. The molecule has 0 amide bonds. The fourth-order valence-corrected chi connectivity index (χ4v) is 3.55. The van der Waals surface area contributed by atoms with Crippen molar-refractivity contribution in [3.05, 3.63) is 35.9 Å². The van der Waals surface area contributed by atoms with Gasteiger partial charge in [0.25, 0.3) is 0 Å². The van der Waals surface area contributed by atoms with E-state index in [2.05, 4.69) is 18.3 Å². The van der Waals surface area contributed by atoms with Crippen LogP contribution in [0.2, 0.25) is 0 Å². The molecule has 0 radical (unpaired) electrons. The molecular weight excluding hydrogens is 300 g/mol. The van der Waals surface area contributed by atoms with Gasteiger partial charge in [-0.1, -0.05) is 0 Å². The molecule has 1 aromatic rings. The molecule has 1 unspecified atom stereocenters. The summed E-state index contributed by atoms with van der Waals surface area (Å²) in [5, 5.41) is 3.41. The molecule has 1 fully saturated rings. The van der Waals surface area contributed by atoms with E-state index in [-0.39, 0.29) is 5.66 Å². The first kappa shape index (κ1) is 15.3. The molecule has 1 atom stereocenters. The minimum atomic E-state index is -0.359. The van der Waals surface area contributed by atoms with Gasteiger partial charge in [0.15, 0.2) is 5.66 Å². The molecule has 5 heteroatoms. The SMILES string of the molecule is COc1ccc(C2=CC3=NC(C)(C4CCNCC4)N=CC3=N2)cc1. The molecule has 1 saturated heterocycles. The van der Waals surface area contributed by atoms with Crippen molar-refractivity contribution in [2.75, 3.05) is 20.2 Å². The number of fused-ring (bicyclic) bond motifs is 1. The average molecular weight is 322 g/mol. The van der Waals surface area contributed by atoms with Crippen LogP contribution in [0.15, 0.2) is 45.3 Å². The van der Waals surface area contributed by atoms with Crippen molar-refractivity contribution in [1.82, 2.24) is 5.32 Å². The zero-order chi connectivity index (χ0) is 16.6. The second kappa shape index (κ2) is 5.98. The summed E-state index contributed by atoms with van der Waals surface area (Å²) in [6.07, 6.45) is 6.21. The molecule has 0 saturated carbocycles. The second-order valence-electron chi connectivity index (χ2n) is 6.63. The summed E-state index contributed by atoms with van der Waals surface area (Å²) >= 11 is 0. The molecule has 5 nitrogen and oxygen atoms in total. The van der Waals surface area contributed by atoms with Gasteiger partial charge in [0.2, 0.25) is 0 Å². The molecule has 0 aliphatic carbocycles. The third-order valence-corrected chi connectivity index (χ3v) is 5.07. The number of rotatable bonds is 3. The summed E-state index contributed by atoms with van der Waals surface area (Å²) in [5.41, 5.74) is 3.47. The van der Waals surface area contributed by atoms with Gasteiger partial charge in [0.05, 0.1) is 24.7 Å². The molecule has 4 rings (SSSR count). The average Bonchev–Trinajstić information content (AvgIpc) is 3.05. The standard InChI is InChI=1S/C19H22N4O/c1-19(14-7-9-20-10-8-14)21-12-18-17(23-19)11-16(22-18)13-3-5-15(24-2)6-4-13/h3-6,11-12,14,20H,7-10H2,1-2H3. The van der Waals surface area contributed by atoms with Crippen LogP contribution in [0.5, 0.6) is 5.75 Å². The van der Waals surface area contributed by atoms with Gasteiger partial charge >= 0.3 is 0 Å². The molecule has 0 bridgehead atoms. The van der Waals surface area contributed by atoms with E-state index in [0.717, 1.165) is 54.4 Å². The van der Waals surface area contributed by atoms with E-state index >= 15 is 0 Å². The zero-order valence-corrected chi connectivity index (χ0v) is 14.1. The third-order valence-electron chi connectivity index (χ3n) is 5.07. The number of ether oxygens (including phenoxy) is 1. The summed E-state index contributed by atoms with van der Waals surface area (Å²) in [6, 6.07) is 7.95. The Bertz CT molecular complexity index is 754. The topological polar surface area (TPSA) is 58.3 Å². The van der Waals surface area contributed by atoms with Crippen molar-refractivity contribution in [1.29, 1.82) is 0 Å². The van der Waals surface area contributed by atoms with Gasteiger partial charge in [0, 0.05) is 11.5 Å². The molecular formula is C19H22N4O. The van der Waals surface area contributed by atoms with Crippen molar-refractivity contribution >= 4 is 23.3 Å². The number of nitrogens with one attached hydrogen (secondary N) is 1. The number of hydrogen-bond acceptors (Lipinski definition) is 5. The van der Waals surface area contributed by atoms with E-state index in [1.165, 1.54) is 0 Å². The molecule has 3 heterocycles. The maximum Gasteiger partial charge on any atom is 0.151 e. The quantitative estimate of drug-likeness (QED) is 0.930. The van der Waals surface area contributed by atoms with Crippen LogP contribution in [0.25, 0.3) is 5.70 Å². The van der Waals surface area contributed by atoms with Crippen LogP contribution in [0.3, 0.4) is 0 Å². The maximum atomic E-state index is 5.22. The summed E-state index contributed by atoms with van der Waals surface area (Å²) < 4.78 is 5.22. The molecule has 3 aliphatic heterocycles. The maximum absolute atomic E-state index is 5.22. The number of allylic oxidation sites excluding steroid dienone is 1. The summed E-state index contributed by atoms with van der Waals surface area (Å²) in [7, 11) is 1.67. The highest BCUT2D eigenvalue weighted by atomic mass is 16.5. The number of nitrogens with zero attached hydrogens (tertiary/aromatic N) is 3. The van der Waals surface area contributed by atoms with Crippen LogP contribution < -0.4 is 10.1 Å². The number of benzene rings is 1. The normalized spacial score (nSPS) is 26.5. The summed E-state index contributed by atoms with van der Waals surface area (Å²) in [4.78, 5) is 14.4. The zero-order valence-electron chi connectivity index (χ0n) is 14.1. The van der Waals surface area contributed by atoms with Crippen LogP contribution in [0.4, 0.5) is 0 Å². The first-order valence-corrected chi connectivity index (χ1v) is 8.49. The van der Waals surface area contributed by atoms with Crippen LogP contribution in [-0.4, -0.2) is 43.5 Å². The second-order valence-corrected chi connectivity index (χ2v) is 6.63. The van der Waals surface area contributed by atoms with Gasteiger partial charge < -0.3 is 10.1 Å². The van der Waals surface area contributed by atoms with Gasteiger partial charge in [0.1, 0.15) is 11.5 Å². The predicted octanol–water partition coefficient (Wildman–Crippen LogP) is 2.73. The summed E-state index contributed by atoms with van der Waals surface area (Å²) in [5.74, 6) is 1.34. The lowest BCUT2D eigenvalue weighted by molar-refractivity contribution is 0.244. The van der Waals surface area contributed by atoms with Gasteiger partial charge in [-0.05, 0) is 63.2 Å². The Hall–Kier alpha value is -2.27.